The van der Waals surface area contributed by atoms with Crippen molar-refractivity contribution >= 4 is 11.6 Å². The molecule has 1 aliphatic carbocycles. The van der Waals surface area contributed by atoms with Gasteiger partial charge in [0.25, 0.3) is 0 Å². The Hall–Kier alpha value is -1.36. The van der Waals surface area contributed by atoms with Crippen LogP contribution < -0.4 is 5.73 Å². The molecule has 2 unspecified atom stereocenters. The monoisotopic (exact) mass is 305 g/mol. The van der Waals surface area contributed by atoms with Gasteiger partial charge in [0.05, 0.1) is 36.1 Å². The number of halogens is 1. The van der Waals surface area contributed by atoms with Gasteiger partial charge in [-0.25, -0.2) is 0 Å². The molecule has 5 heteroatoms. The van der Waals surface area contributed by atoms with Crippen molar-refractivity contribution in [3.05, 3.63) is 52.3 Å². The van der Waals surface area contributed by atoms with E-state index in [1.807, 2.05) is 4.68 Å². The second-order valence-electron chi connectivity index (χ2n) is 5.46. The third-order valence-electron chi connectivity index (χ3n) is 4.27. The molecule has 2 aromatic rings. The molecular formula is C16H20ClN3O. The Balaban J connectivity index is 1.89. The maximum atomic E-state index is 6.55. The summed E-state index contributed by atoms with van der Waals surface area (Å²) in [7, 11) is 1.68. The summed E-state index contributed by atoms with van der Waals surface area (Å²) in [5.41, 5.74) is 10.2. The second-order valence-corrected chi connectivity index (χ2v) is 5.87. The zero-order valence-electron chi connectivity index (χ0n) is 12.1. The summed E-state index contributed by atoms with van der Waals surface area (Å²) in [4.78, 5) is 0. The molecule has 3 rings (SSSR count). The zero-order valence-corrected chi connectivity index (χ0v) is 12.9. The van der Waals surface area contributed by atoms with Crippen molar-refractivity contribution in [1.82, 2.24) is 9.78 Å². The number of aryl methyl sites for hydroxylation is 1. The largest absolute Gasteiger partial charge is 0.383 e. The first-order valence-corrected chi connectivity index (χ1v) is 7.63. The van der Waals surface area contributed by atoms with Gasteiger partial charge in [-0.1, -0.05) is 35.9 Å². The van der Waals surface area contributed by atoms with E-state index in [1.165, 1.54) is 11.1 Å². The zero-order chi connectivity index (χ0) is 14.8. The van der Waals surface area contributed by atoms with E-state index in [4.69, 9.17) is 22.1 Å². The Labute approximate surface area is 129 Å². The Morgan fingerprint density at radius 2 is 2.29 bits per heavy atom. The van der Waals surface area contributed by atoms with Crippen molar-refractivity contribution in [2.24, 2.45) is 5.73 Å². The molecule has 0 fully saturated rings. The highest BCUT2D eigenvalue weighted by atomic mass is 35.5. The van der Waals surface area contributed by atoms with Gasteiger partial charge < -0.3 is 10.5 Å². The Morgan fingerprint density at radius 3 is 3.10 bits per heavy atom. The Kier molecular flexibility index (Phi) is 4.29. The highest BCUT2D eigenvalue weighted by molar-refractivity contribution is 6.31. The van der Waals surface area contributed by atoms with Gasteiger partial charge in [-0.15, -0.1) is 0 Å². The van der Waals surface area contributed by atoms with E-state index < -0.39 is 0 Å². The Bertz CT molecular complexity index is 626. The summed E-state index contributed by atoms with van der Waals surface area (Å²) in [6.45, 7) is 1.26. The fourth-order valence-corrected chi connectivity index (χ4v) is 3.48. The predicted molar refractivity (Wildman–Crippen MR) is 83.5 cm³/mol. The van der Waals surface area contributed by atoms with Gasteiger partial charge in [-0.05, 0) is 24.0 Å². The lowest BCUT2D eigenvalue weighted by atomic mass is 9.91. The SMILES string of the molecule is COCCn1ncc(Cl)c1C(N)C1CCc2ccccc21. The summed E-state index contributed by atoms with van der Waals surface area (Å²) in [6, 6.07) is 8.39. The van der Waals surface area contributed by atoms with Crippen molar-refractivity contribution in [2.75, 3.05) is 13.7 Å². The van der Waals surface area contributed by atoms with Crippen molar-refractivity contribution in [1.29, 1.82) is 0 Å². The summed E-state index contributed by atoms with van der Waals surface area (Å²) >= 11 is 6.32. The average Bonchev–Trinajstić information content (AvgIpc) is 3.08. The molecule has 0 bridgehead atoms. The molecule has 0 radical (unpaired) electrons. The number of rotatable bonds is 5. The topological polar surface area (TPSA) is 53.1 Å². The molecule has 0 saturated carbocycles. The van der Waals surface area contributed by atoms with Gasteiger partial charge in [0.2, 0.25) is 0 Å². The number of nitrogens with two attached hydrogens (primary N) is 1. The quantitative estimate of drug-likeness (QED) is 0.924. The van der Waals surface area contributed by atoms with Crippen LogP contribution in [0.3, 0.4) is 0 Å². The van der Waals surface area contributed by atoms with Crippen LogP contribution in [0.25, 0.3) is 0 Å². The number of aromatic nitrogens is 2. The molecule has 0 amide bonds. The molecule has 2 N–H and O–H groups in total. The van der Waals surface area contributed by atoms with Gasteiger partial charge >= 0.3 is 0 Å². The lowest BCUT2D eigenvalue weighted by Gasteiger charge is -2.22. The van der Waals surface area contributed by atoms with Gasteiger partial charge in [0.15, 0.2) is 0 Å². The number of hydrogen-bond donors (Lipinski definition) is 1. The Morgan fingerprint density at radius 1 is 1.48 bits per heavy atom. The first-order valence-electron chi connectivity index (χ1n) is 7.26. The van der Waals surface area contributed by atoms with Crippen molar-refractivity contribution < 1.29 is 4.74 Å². The van der Waals surface area contributed by atoms with Crippen LogP contribution in [0, 0.1) is 0 Å². The maximum absolute atomic E-state index is 6.55. The number of hydrogen-bond acceptors (Lipinski definition) is 3. The molecule has 1 aliphatic rings. The third-order valence-corrected chi connectivity index (χ3v) is 4.56. The molecule has 1 aromatic carbocycles. The smallest absolute Gasteiger partial charge is 0.0834 e. The minimum Gasteiger partial charge on any atom is -0.383 e. The van der Waals surface area contributed by atoms with Crippen LogP contribution in [0.5, 0.6) is 0 Å². The molecule has 21 heavy (non-hydrogen) atoms. The van der Waals surface area contributed by atoms with Crippen LogP contribution in [-0.4, -0.2) is 23.5 Å². The second kappa shape index (κ2) is 6.18. The van der Waals surface area contributed by atoms with Crippen molar-refractivity contribution in [3.63, 3.8) is 0 Å². The summed E-state index contributed by atoms with van der Waals surface area (Å²) in [5.74, 6) is 0.302. The minimum atomic E-state index is -0.138. The van der Waals surface area contributed by atoms with Crippen molar-refractivity contribution in [3.8, 4) is 0 Å². The average molecular weight is 306 g/mol. The highest BCUT2D eigenvalue weighted by Gasteiger charge is 2.31. The van der Waals surface area contributed by atoms with Gasteiger partial charge in [0.1, 0.15) is 0 Å². The molecule has 2 atom stereocenters. The summed E-state index contributed by atoms with van der Waals surface area (Å²) < 4.78 is 7.00. The summed E-state index contributed by atoms with van der Waals surface area (Å²) in [5, 5.41) is 4.97. The fourth-order valence-electron chi connectivity index (χ4n) is 3.21. The minimum absolute atomic E-state index is 0.138. The maximum Gasteiger partial charge on any atom is 0.0834 e. The van der Waals surface area contributed by atoms with Crippen LogP contribution in [-0.2, 0) is 17.7 Å². The lowest BCUT2D eigenvalue weighted by molar-refractivity contribution is 0.181. The van der Waals surface area contributed by atoms with Crippen LogP contribution in [0.4, 0.5) is 0 Å². The number of ether oxygens (including phenoxy) is 1. The first-order chi connectivity index (χ1) is 10.2. The number of benzene rings is 1. The van der Waals surface area contributed by atoms with E-state index >= 15 is 0 Å². The predicted octanol–water partition coefficient (Wildman–Crippen LogP) is 2.91. The van der Waals surface area contributed by atoms with Gasteiger partial charge in [-0.3, -0.25) is 4.68 Å². The highest BCUT2D eigenvalue weighted by Crippen LogP contribution is 2.41. The molecular weight excluding hydrogens is 286 g/mol. The molecule has 112 valence electrons. The molecule has 0 saturated heterocycles. The number of fused-ring (bicyclic) bond motifs is 1. The van der Waals surface area contributed by atoms with E-state index in [-0.39, 0.29) is 6.04 Å². The third kappa shape index (κ3) is 2.71. The molecule has 0 aliphatic heterocycles. The molecule has 4 nitrogen and oxygen atoms in total. The van der Waals surface area contributed by atoms with Crippen LogP contribution >= 0.6 is 11.6 Å². The van der Waals surface area contributed by atoms with Crippen molar-refractivity contribution in [2.45, 2.75) is 31.3 Å². The van der Waals surface area contributed by atoms with E-state index in [1.54, 1.807) is 13.3 Å². The molecule has 0 spiro atoms. The van der Waals surface area contributed by atoms with E-state index in [9.17, 15) is 0 Å². The number of nitrogens with zero attached hydrogens (tertiary/aromatic N) is 2. The first kappa shape index (κ1) is 14.6. The van der Waals surface area contributed by atoms with E-state index in [0.29, 0.717) is 24.1 Å². The fraction of sp³-hybridized carbons (Fsp3) is 0.438. The summed E-state index contributed by atoms with van der Waals surface area (Å²) in [6.07, 6.45) is 3.82. The van der Waals surface area contributed by atoms with Crippen LogP contribution in [0.15, 0.2) is 30.5 Å². The lowest BCUT2D eigenvalue weighted by Crippen LogP contribution is -2.23. The normalized spacial score (nSPS) is 18.7. The number of methoxy groups -OCH3 is 1. The van der Waals surface area contributed by atoms with E-state index in [2.05, 4.69) is 29.4 Å². The standard InChI is InChI=1S/C16H20ClN3O/c1-21-9-8-20-16(14(17)10-19-20)15(18)13-7-6-11-4-2-3-5-12(11)13/h2-5,10,13,15H,6-9,18H2,1H3. The molecule has 1 aromatic heterocycles. The van der Waals surface area contributed by atoms with Gasteiger partial charge in [0, 0.05) is 13.0 Å². The van der Waals surface area contributed by atoms with Crippen LogP contribution in [0.2, 0.25) is 5.02 Å². The molecule has 1 heterocycles. The van der Waals surface area contributed by atoms with Gasteiger partial charge in [-0.2, -0.15) is 5.10 Å². The van der Waals surface area contributed by atoms with E-state index in [0.717, 1.165) is 18.5 Å². The van der Waals surface area contributed by atoms with Crippen LogP contribution in [0.1, 0.15) is 35.2 Å².